The number of hydrogen-bond donors (Lipinski definition) is 1. The smallest absolute Gasteiger partial charge is 0.232 e. The molecule has 0 atom stereocenters. The van der Waals surface area contributed by atoms with Crippen LogP contribution in [-0.4, -0.2) is 13.4 Å². The zero-order valence-electron chi connectivity index (χ0n) is 8.81. The van der Waals surface area contributed by atoms with Crippen molar-refractivity contribution in [2.45, 2.75) is 17.7 Å². The van der Waals surface area contributed by atoms with E-state index in [1.54, 1.807) is 11.3 Å². The molecule has 0 aliphatic rings. The summed E-state index contributed by atoms with van der Waals surface area (Å²) >= 11 is 8.10. The van der Waals surface area contributed by atoms with Crippen LogP contribution < -0.4 is 4.72 Å². The molecule has 0 aliphatic carbocycles. The van der Waals surface area contributed by atoms with E-state index < -0.39 is 10.0 Å². The number of sulfonamides is 1. The Bertz CT molecular complexity index is 618. The maximum absolute atomic E-state index is 11.9. The molecule has 2 heterocycles. The van der Waals surface area contributed by atoms with E-state index in [-0.39, 0.29) is 15.2 Å². The maximum atomic E-state index is 11.9. The molecule has 0 amide bonds. The van der Waals surface area contributed by atoms with Crippen LogP contribution in [0, 0.1) is 6.92 Å². The van der Waals surface area contributed by atoms with Crippen LogP contribution in [0.25, 0.3) is 0 Å². The first-order chi connectivity index (χ1) is 7.99. The molecule has 0 saturated heterocycles. The van der Waals surface area contributed by atoms with E-state index >= 15 is 0 Å². The highest BCUT2D eigenvalue weighted by Crippen LogP contribution is 2.22. The van der Waals surface area contributed by atoms with Gasteiger partial charge in [-0.3, -0.25) is 0 Å². The van der Waals surface area contributed by atoms with Crippen LogP contribution in [0.15, 0.2) is 21.2 Å². The third-order valence-corrected chi connectivity index (χ3v) is 6.02. The molecule has 8 heteroatoms. The highest BCUT2D eigenvalue weighted by molar-refractivity contribution is 7.91. The summed E-state index contributed by atoms with van der Waals surface area (Å²) in [5.74, 6) is 0. The standard InChI is InChI=1S/C9H9ClN2O2S3/c1-6-4-15-5-7(6)2-12-17(13,14)8-3-11-9(10)16-8/h3-5,12H,2H2,1H3. The van der Waals surface area contributed by atoms with E-state index in [2.05, 4.69) is 9.71 Å². The molecular weight excluding hydrogens is 300 g/mol. The van der Waals surface area contributed by atoms with Gasteiger partial charge in [-0.05, 0) is 28.8 Å². The zero-order chi connectivity index (χ0) is 12.5. The summed E-state index contributed by atoms with van der Waals surface area (Å²) in [7, 11) is -3.51. The first kappa shape index (κ1) is 13.0. The van der Waals surface area contributed by atoms with Gasteiger partial charge in [0.25, 0.3) is 10.0 Å². The molecule has 0 bridgehead atoms. The molecule has 17 heavy (non-hydrogen) atoms. The molecule has 0 aromatic carbocycles. The van der Waals surface area contributed by atoms with Gasteiger partial charge in [0, 0.05) is 6.54 Å². The van der Waals surface area contributed by atoms with Crippen molar-refractivity contribution >= 4 is 44.3 Å². The summed E-state index contributed by atoms with van der Waals surface area (Å²) < 4.78 is 26.6. The summed E-state index contributed by atoms with van der Waals surface area (Å²) in [6, 6.07) is 0. The lowest BCUT2D eigenvalue weighted by Gasteiger charge is -2.03. The van der Waals surface area contributed by atoms with Crippen molar-refractivity contribution in [2.75, 3.05) is 0 Å². The van der Waals surface area contributed by atoms with Gasteiger partial charge in [-0.25, -0.2) is 18.1 Å². The number of nitrogens with one attached hydrogen (secondary N) is 1. The van der Waals surface area contributed by atoms with E-state index in [9.17, 15) is 8.42 Å². The molecule has 2 aromatic rings. The molecule has 2 aromatic heterocycles. The molecule has 0 fully saturated rings. The van der Waals surface area contributed by atoms with Crippen molar-refractivity contribution in [2.24, 2.45) is 0 Å². The first-order valence-corrected chi connectivity index (χ1v) is 8.24. The number of hydrogen-bond acceptors (Lipinski definition) is 5. The minimum atomic E-state index is -3.51. The van der Waals surface area contributed by atoms with Crippen molar-refractivity contribution in [3.8, 4) is 0 Å². The maximum Gasteiger partial charge on any atom is 0.252 e. The van der Waals surface area contributed by atoms with Crippen molar-refractivity contribution in [3.05, 3.63) is 32.6 Å². The summed E-state index contributed by atoms with van der Waals surface area (Å²) in [5, 5.41) is 3.91. The molecule has 0 radical (unpaired) electrons. The summed E-state index contributed by atoms with van der Waals surface area (Å²) in [6.45, 7) is 2.23. The Morgan fingerprint density at radius 2 is 2.24 bits per heavy atom. The van der Waals surface area contributed by atoms with Crippen LogP contribution in [0.3, 0.4) is 0 Å². The Labute approximate surface area is 112 Å². The van der Waals surface area contributed by atoms with Crippen molar-refractivity contribution < 1.29 is 8.42 Å². The molecule has 2 rings (SSSR count). The highest BCUT2D eigenvalue weighted by atomic mass is 35.5. The quantitative estimate of drug-likeness (QED) is 0.944. The second-order valence-electron chi connectivity index (χ2n) is 3.34. The van der Waals surface area contributed by atoms with Crippen LogP contribution >= 0.6 is 34.3 Å². The Kier molecular flexibility index (Phi) is 3.84. The minimum absolute atomic E-state index is 0.135. The molecule has 1 N–H and O–H groups in total. The van der Waals surface area contributed by atoms with E-state index in [1.165, 1.54) is 6.20 Å². The molecular formula is C9H9ClN2O2S3. The Morgan fingerprint density at radius 3 is 2.76 bits per heavy atom. The van der Waals surface area contributed by atoms with Gasteiger partial charge in [0.2, 0.25) is 0 Å². The van der Waals surface area contributed by atoms with Crippen molar-refractivity contribution in [1.29, 1.82) is 0 Å². The lowest BCUT2D eigenvalue weighted by molar-refractivity contribution is 0.583. The van der Waals surface area contributed by atoms with E-state index in [4.69, 9.17) is 11.6 Å². The fourth-order valence-corrected chi connectivity index (χ4v) is 4.38. The fourth-order valence-electron chi connectivity index (χ4n) is 1.18. The van der Waals surface area contributed by atoms with Crippen molar-refractivity contribution in [1.82, 2.24) is 9.71 Å². The highest BCUT2D eigenvalue weighted by Gasteiger charge is 2.17. The first-order valence-electron chi connectivity index (χ1n) is 4.62. The summed E-state index contributed by atoms with van der Waals surface area (Å²) in [6.07, 6.45) is 1.26. The molecule has 0 unspecified atom stereocenters. The molecule has 0 aliphatic heterocycles. The Hall–Kier alpha value is -0.470. The number of aromatic nitrogens is 1. The minimum Gasteiger partial charge on any atom is -0.232 e. The van der Waals surface area contributed by atoms with Crippen LogP contribution in [0.1, 0.15) is 11.1 Å². The van der Waals surface area contributed by atoms with Crippen LogP contribution in [0.2, 0.25) is 4.47 Å². The van der Waals surface area contributed by atoms with Gasteiger partial charge in [0.1, 0.15) is 0 Å². The fraction of sp³-hybridized carbons (Fsp3) is 0.222. The second kappa shape index (κ2) is 5.03. The number of halogens is 1. The molecule has 4 nitrogen and oxygen atoms in total. The predicted octanol–water partition coefficient (Wildman–Crippen LogP) is 2.64. The van der Waals surface area contributed by atoms with E-state index in [1.807, 2.05) is 17.7 Å². The zero-order valence-corrected chi connectivity index (χ0v) is 12.0. The van der Waals surface area contributed by atoms with Gasteiger partial charge >= 0.3 is 0 Å². The number of rotatable bonds is 4. The second-order valence-corrected chi connectivity index (χ2v) is 7.69. The number of aryl methyl sites for hydroxylation is 1. The van der Waals surface area contributed by atoms with Gasteiger partial charge in [-0.1, -0.05) is 22.9 Å². The van der Waals surface area contributed by atoms with Gasteiger partial charge in [-0.2, -0.15) is 11.3 Å². The van der Waals surface area contributed by atoms with Gasteiger partial charge in [0.05, 0.1) is 6.20 Å². The van der Waals surface area contributed by atoms with Crippen LogP contribution in [0.5, 0.6) is 0 Å². The largest absolute Gasteiger partial charge is 0.252 e. The Morgan fingerprint density at radius 1 is 1.47 bits per heavy atom. The van der Waals surface area contributed by atoms with Crippen LogP contribution in [-0.2, 0) is 16.6 Å². The number of thiophene rings is 1. The SMILES string of the molecule is Cc1cscc1CNS(=O)(=O)c1cnc(Cl)s1. The normalized spacial score (nSPS) is 11.9. The van der Waals surface area contributed by atoms with E-state index in [0.29, 0.717) is 0 Å². The van der Waals surface area contributed by atoms with Gasteiger partial charge < -0.3 is 0 Å². The number of nitrogens with zero attached hydrogens (tertiary/aromatic N) is 1. The van der Waals surface area contributed by atoms with Crippen molar-refractivity contribution in [3.63, 3.8) is 0 Å². The summed E-state index contributed by atoms with van der Waals surface area (Å²) in [5.41, 5.74) is 2.06. The third kappa shape index (κ3) is 3.05. The monoisotopic (exact) mass is 308 g/mol. The lowest BCUT2D eigenvalue weighted by atomic mass is 10.2. The molecule has 0 spiro atoms. The Balaban J connectivity index is 2.11. The van der Waals surface area contributed by atoms with Gasteiger partial charge in [0.15, 0.2) is 8.68 Å². The average Bonchev–Trinajstić information content (AvgIpc) is 2.85. The number of thiazole rings is 1. The van der Waals surface area contributed by atoms with E-state index in [0.717, 1.165) is 22.5 Å². The molecule has 92 valence electrons. The van der Waals surface area contributed by atoms with Crippen LogP contribution in [0.4, 0.5) is 0 Å². The summed E-state index contributed by atoms with van der Waals surface area (Å²) in [4.78, 5) is 3.71. The average molecular weight is 309 g/mol. The molecule has 0 saturated carbocycles. The van der Waals surface area contributed by atoms with Gasteiger partial charge in [-0.15, -0.1) is 0 Å². The predicted molar refractivity (Wildman–Crippen MR) is 70.2 cm³/mol. The lowest BCUT2D eigenvalue weighted by Crippen LogP contribution is -2.22. The third-order valence-electron chi connectivity index (χ3n) is 2.14. The topological polar surface area (TPSA) is 59.1 Å².